The van der Waals surface area contributed by atoms with E-state index in [-0.39, 0.29) is 18.9 Å². The zero-order valence-electron chi connectivity index (χ0n) is 15.9. The number of amides is 1. The molecule has 2 N–H and O–H groups in total. The molecule has 0 fully saturated rings. The molecule has 0 aliphatic heterocycles. The van der Waals surface area contributed by atoms with Gasteiger partial charge in [0.15, 0.2) is 0 Å². The molecule has 1 amide bonds. The molecule has 0 aliphatic carbocycles. The van der Waals surface area contributed by atoms with Crippen LogP contribution in [0.15, 0.2) is 35.2 Å². The first kappa shape index (κ1) is 20.1. The molecular weight excluding hydrogens is 348 g/mol. The van der Waals surface area contributed by atoms with Crippen LogP contribution in [0.3, 0.4) is 0 Å². The van der Waals surface area contributed by atoms with E-state index < -0.39 is 10.0 Å². The van der Waals surface area contributed by atoms with Gasteiger partial charge in [-0.25, -0.2) is 13.1 Å². The summed E-state index contributed by atoms with van der Waals surface area (Å²) < 4.78 is 28.1. The van der Waals surface area contributed by atoms with Crippen molar-refractivity contribution in [3.8, 4) is 0 Å². The van der Waals surface area contributed by atoms with Crippen molar-refractivity contribution < 1.29 is 13.2 Å². The lowest BCUT2D eigenvalue weighted by molar-refractivity contribution is -0.116. The predicted octanol–water partition coefficient (Wildman–Crippen LogP) is 3.54. The summed E-state index contributed by atoms with van der Waals surface area (Å²) in [5.41, 5.74) is 5.28. The van der Waals surface area contributed by atoms with Gasteiger partial charge >= 0.3 is 0 Å². The maximum atomic E-state index is 12.8. The number of para-hydroxylation sites is 1. The van der Waals surface area contributed by atoms with Crippen molar-refractivity contribution in [1.82, 2.24) is 4.72 Å². The van der Waals surface area contributed by atoms with Crippen LogP contribution in [0.1, 0.15) is 34.2 Å². The van der Waals surface area contributed by atoms with E-state index in [4.69, 9.17) is 0 Å². The Labute approximate surface area is 155 Å². The van der Waals surface area contributed by atoms with Crippen molar-refractivity contribution in [2.24, 2.45) is 0 Å². The van der Waals surface area contributed by atoms with Crippen molar-refractivity contribution in [3.05, 3.63) is 58.1 Å². The van der Waals surface area contributed by atoms with Gasteiger partial charge in [-0.05, 0) is 74.6 Å². The zero-order chi connectivity index (χ0) is 19.5. The van der Waals surface area contributed by atoms with Crippen LogP contribution in [0.25, 0.3) is 0 Å². The van der Waals surface area contributed by atoms with Gasteiger partial charge in [0, 0.05) is 18.7 Å². The van der Waals surface area contributed by atoms with Gasteiger partial charge in [-0.2, -0.15) is 0 Å². The second-order valence-electron chi connectivity index (χ2n) is 6.52. The van der Waals surface area contributed by atoms with E-state index in [9.17, 15) is 13.2 Å². The number of anilines is 1. The Morgan fingerprint density at radius 3 is 1.88 bits per heavy atom. The number of benzene rings is 2. The number of rotatable bonds is 6. The summed E-state index contributed by atoms with van der Waals surface area (Å²) in [6.07, 6.45) is 0.0655. The Morgan fingerprint density at radius 2 is 1.35 bits per heavy atom. The van der Waals surface area contributed by atoms with E-state index >= 15 is 0 Å². The second kappa shape index (κ2) is 8.01. The minimum atomic E-state index is -3.68. The van der Waals surface area contributed by atoms with Gasteiger partial charge in [0.25, 0.3) is 0 Å². The Balaban J connectivity index is 2.09. The Bertz CT molecular complexity index is 891. The summed E-state index contributed by atoms with van der Waals surface area (Å²) in [4.78, 5) is 12.3. The van der Waals surface area contributed by atoms with Crippen molar-refractivity contribution in [2.75, 3.05) is 11.9 Å². The molecule has 2 rings (SSSR count). The van der Waals surface area contributed by atoms with Crippen LogP contribution in [0.2, 0.25) is 0 Å². The lowest BCUT2D eigenvalue weighted by Gasteiger charge is -2.19. The largest absolute Gasteiger partial charge is 0.326 e. The number of hydrogen-bond acceptors (Lipinski definition) is 3. The van der Waals surface area contributed by atoms with Gasteiger partial charge in [-0.15, -0.1) is 0 Å². The van der Waals surface area contributed by atoms with E-state index in [2.05, 4.69) is 10.0 Å². The first-order valence-corrected chi connectivity index (χ1v) is 10.0. The molecule has 26 heavy (non-hydrogen) atoms. The SMILES string of the molecule is Cc1c(C)c(C)c(S(=O)(=O)NCCC(=O)Nc2ccccc2)c(C)c1C. The number of carbonyl (C=O) groups excluding carboxylic acids is 1. The molecule has 0 bridgehead atoms. The molecule has 6 heteroatoms. The van der Waals surface area contributed by atoms with Gasteiger partial charge in [-0.3, -0.25) is 4.79 Å². The second-order valence-corrected chi connectivity index (χ2v) is 8.22. The first-order valence-electron chi connectivity index (χ1n) is 8.56. The first-order chi connectivity index (χ1) is 12.1. The van der Waals surface area contributed by atoms with Crippen molar-refractivity contribution in [2.45, 2.75) is 45.9 Å². The number of hydrogen-bond donors (Lipinski definition) is 2. The van der Waals surface area contributed by atoms with Crippen molar-refractivity contribution in [1.29, 1.82) is 0 Å². The highest BCUT2D eigenvalue weighted by Crippen LogP contribution is 2.29. The lowest BCUT2D eigenvalue weighted by Crippen LogP contribution is -2.29. The highest BCUT2D eigenvalue weighted by Gasteiger charge is 2.23. The Hall–Kier alpha value is -2.18. The van der Waals surface area contributed by atoms with Crippen LogP contribution in [0, 0.1) is 34.6 Å². The minimum absolute atomic E-state index is 0.0475. The van der Waals surface area contributed by atoms with Crippen LogP contribution in [0.4, 0.5) is 5.69 Å². The number of nitrogens with one attached hydrogen (secondary N) is 2. The van der Waals surface area contributed by atoms with E-state index in [1.54, 1.807) is 12.1 Å². The molecule has 140 valence electrons. The van der Waals surface area contributed by atoms with Crippen molar-refractivity contribution in [3.63, 3.8) is 0 Å². The molecule has 0 saturated carbocycles. The number of sulfonamides is 1. The quantitative estimate of drug-likeness (QED) is 0.812. The van der Waals surface area contributed by atoms with Gasteiger partial charge in [-0.1, -0.05) is 18.2 Å². The monoisotopic (exact) mass is 374 g/mol. The Morgan fingerprint density at radius 1 is 0.846 bits per heavy atom. The summed E-state index contributed by atoms with van der Waals surface area (Å²) in [6, 6.07) is 9.08. The summed E-state index contributed by atoms with van der Waals surface area (Å²) in [6.45, 7) is 9.57. The van der Waals surface area contributed by atoms with Gasteiger partial charge in [0.2, 0.25) is 15.9 Å². The molecule has 5 nitrogen and oxygen atoms in total. The maximum absolute atomic E-state index is 12.8. The highest BCUT2D eigenvalue weighted by atomic mass is 32.2. The van der Waals surface area contributed by atoms with E-state index in [1.807, 2.05) is 52.8 Å². The summed E-state index contributed by atoms with van der Waals surface area (Å²) in [5, 5.41) is 2.74. The van der Waals surface area contributed by atoms with Crippen LogP contribution in [-0.4, -0.2) is 20.9 Å². The van der Waals surface area contributed by atoms with E-state index in [0.717, 1.165) is 27.8 Å². The molecule has 0 atom stereocenters. The van der Waals surface area contributed by atoms with Crippen LogP contribution >= 0.6 is 0 Å². The smallest absolute Gasteiger partial charge is 0.241 e. The maximum Gasteiger partial charge on any atom is 0.241 e. The molecule has 0 aliphatic rings. The summed E-state index contributed by atoms with van der Waals surface area (Å²) in [5.74, 6) is -0.233. The van der Waals surface area contributed by atoms with Crippen molar-refractivity contribution >= 4 is 21.6 Å². The molecule has 2 aromatic rings. The van der Waals surface area contributed by atoms with E-state index in [0.29, 0.717) is 10.6 Å². The van der Waals surface area contributed by atoms with Gasteiger partial charge < -0.3 is 5.32 Å². The minimum Gasteiger partial charge on any atom is -0.326 e. The molecule has 0 aromatic heterocycles. The highest BCUT2D eigenvalue weighted by molar-refractivity contribution is 7.89. The van der Waals surface area contributed by atoms with Crippen LogP contribution in [0.5, 0.6) is 0 Å². The summed E-state index contributed by atoms with van der Waals surface area (Å²) >= 11 is 0. The normalized spacial score (nSPS) is 11.4. The molecule has 0 heterocycles. The van der Waals surface area contributed by atoms with Crippen LogP contribution in [-0.2, 0) is 14.8 Å². The topological polar surface area (TPSA) is 75.3 Å². The number of carbonyl (C=O) groups is 1. The van der Waals surface area contributed by atoms with Gasteiger partial charge in [0.1, 0.15) is 0 Å². The fourth-order valence-electron chi connectivity index (χ4n) is 2.98. The Kier molecular flexibility index (Phi) is 6.21. The molecule has 0 unspecified atom stereocenters. The average molecular weight is 375 g/mol. The predicted molar refractivity (Wildman–Crippen MR) is 105 cm³/mol. The van der Waals surface area contributed by atoms with E-state index in [1.165, 1.54) is 0 Å². The third-order valence-corrected chi connectivity index (χ3v) is 6.64. The fourth-order valence-corrected chi connectivity index (χ4v) is 4.61. The third kappa shape index (κ3) is 4.31. The fraction of sp³-hybridized carbons (Fsp3) is 0.350. The van der Waals surface area contributed by atoms with Gasteiger partial charge in [0.05, 0.1) is 4.90 Å². The summed E-state index contributed by atoms with van der Waals surface area (Å²) in [7, 11) is -3.68. The molecular formula is C20H26N2O3S. The van der Waals surface area contributed by atoms with Crippen LogP contribution < -0.4 is 10.0 Å². The average Bonchev–Trinajstić information content (AvgIpc) is 2.59. The third-order valence-electron chi connectivity index (χ3n) is 4.90. The molecule has 0 radical (unpaired) electrons. The standard InChI is InChI=1S/C20H26N2O3S/c1-13-14(2)16(4)20(17(5)15(13)3)26(24,25)21-12-11-19(23)22-18-9-7-6-8-10-18/h6-10,21H,11-12H2,1-5H3,(H,22,23). The molecule has 0 spiro atoms. The molecule has 2 aromatic carbocycles. The lowest BCUT2D eigenvalue weighted by atomic mass is 9.95. The molecule has 0 saturated heterocycles. The zero-order valence-corrected chi connectivity index (χ0v) is 16.8.